The largest absolute Gasteiger partial charge is 0.480 e. The van der Waals surface area contributed by atoms with Crippen LogP contribution in [0, 0.1) is 0 Å². The topological polar surface area (TPSA) is 55.2 Å². The quantitative estimate of drug-likeness (QED) is 0.942. The normalized spacial score (nSPS) is 12.2. The third-order valence-electron chi connectivity index (χ3n) is 2.40. The third-order valence-corrected chi connectivity index (χ3v) is 2.98. The molecule has 1 heterocycles. The molecule has 0 aliphatic heterocycles. The number of hydrogen-bond acceptors (Lipinski definition) is 4. The summed E-state index contributed by atoms with van der Waals surface area (Å²) in [6.45, 7) is 0. The van der Waals surface area contributed by atoms with Crippen molar-refractivity contribution in [2.45, 2.75) is 6.10 Å². The number of aliphatic hydroxyl groups is 1. The molecule has 0 amide bonds. The van der Waals surface area contributed by atoms with Gasteiger partial charge in [0.2, 0.25) is 5.88 Å². The molecule has 0 saturated carbocycles. The van der Waals surface area contributed by atoms with E-state index in [9.17, 15) is 5.11 Å². The predicted octanol–water partition coefficient (Wildman–Crippen LogP) is 2.87. The highest BCUT2D eigenvalue weighted by Crippen LogP contribution is 2.29. The number of halogens is 2. The zero-order chi connectivity index (χ0) is 13.1. The van der Waals surface area contributed by atoms with Crippen LogP contribution in [0.15, 0.2) is 30.3 Å². The van der Waals surface area contributed by atoms with Gasteiger partial charge in [-0.25, -0.2) is 0 Å². The van der Waals surface area contributed by atoms with E-state index < -0.39 is 6.10 Å². The Morgan fingerprint density at radius 1 is 1.17 bits per heavy atom. The molecule has 0 spiro atoms. The van der Waals surface area contributed by atoms with Crippen LogP contribution in [0.5, 0.6) is 5.88 Å². The van der Waals surface area contributed by atoms with Crippen LogP contribution in [0.1, 0.15) is 17.4 Å². The summed E-state index contributed by atoms with van der Waals surface area (Å²) >= 11 is 11.9. The lowest BCUT2D eigenvalue weighted by atomic mass is 10.1. The van der Waals surface area contributed by atoms with Crippen molar-refractivity contribution in [1.82, 2.24) is 10.2 Å². The lowest BCUT2D eigenvalue weighted by Crippen LogP contribution is -2.05. The molecule has 4 nitrogen and oxygen atoms in total. The van der Waals surface area contributed by atoms with Gasteiger partial charge in [0.15, 0.2) is 0 Å². The summed E-state index contributed by atoms with van der Waals surface area (Å²) in [5.74, 6) is 0.378. The number of aromatic nitrogens is 2. The first kappa shape index (κ1) is 13.1. The van der Waals surface area contributed by atoms with Crippen molar-refractivity contribution >= 4 is 23.2 Å². The molecule has 1 aromatic heterocycles. The first-order valence-electron chi connectivity index (χ1n) is 5.12. The molecule has 0 radical (unpaired) electrons. The van der Waals surface area contributed by atoms with Crippen LogP contribution in [0.2, 0.25) is 10.0 Å². The molecule has 18 heavy (non-hydrogen) atoms. The molecule has 1 N–H and O–H groups in total. The van der Waals surface area contributed by atoms with E-state index in [1.165, 1.54) is 7.11 Å². The van der Waals surface area contributed by atoms with Gasteiger partial charge in [0.25, 0.3) is 0 Å². The molecule has 0 fully saturated rings. The number of rotatable bonds is 3. The standard InChI is InChI=1S/C12H10Cl2N2O2/c1-18-11-5-4-10(15-16-11)12(17)8-6-7(13)2-3-9(8)14/h2-6,12,17H,1H3. The molecule has 0 bridgehead atoms. The van der Waals surface area contributed by atoms with Crippen molar-refractivity contribution < 1.29 is 9.84 Å². The van der Waals surface area contributed by atoms with Crippen LogP contribution in [-0.4, -0.2) is 22.4 Å². The first-order chi connectivity index (χ1) is 8.61. The van der Waals surface area contributed by atoms with Gasteiger partial charge in [-0.15, -0.1) is 10.2 Å². The summed E-state index contributed by atoms with van der Waals surface area (Å²) in [6, 6.07) is 8.11. The average molecular weight is 285 g/mol. The zero-order valence-corrected chi connectivity index (χ0v) is 11.0. The second-order valence-corrected chi connectivity index (χ2v) is 4.41. The highest BCUT2D eigenvalue weighted by atomic mass is 35.5. The van der Waals surface area contributed by atoms with Gasteiger partial charge in [-0.2, -0.15) is 0 Å². The molecule has 0 aliphatic carbocycles. The van der Waals surface area contributed by atoms with Crippen molar-refractivity contribution in [3.63, 3.8) is 0 Å². The molecular formula is C12H10Cl2N2O2. The van der Waals surface area contributed by atoms with Gasteiger partial charge in [-0.3, -0.25) is 0 Å². The molecule has 1 aromatic carbocycles. The van der Waals surface area contributed by atoms with E-state index in [-0.39, 0.29) is 0 Å². The molecule has 1 atom stereocenters. The lowest BCUT2D eigenvalue weighted by molar-refractivity contribution is 0.213. The number of nitrogens with zero attached hydrogens (tertiary/aromatic N) is 2. The Balaban J connectivity index is 2.34. The minimum Gasteiger partial charge on any atom is -0.480 e. The van der Waals surface area contributed by atoms with Crippen molar-refractivity contribution in [2.24, 2.45) is 0 Å². The van der Waals surface area contributed by atoms with Crippen LogP contribution >= 0.6 is 23.2 Å². The highest BCUT2D eigenvalue weighted by molar-refractivity contribution is 6.33. The van der Waals surface area contributed by atoms with E-state index in [1.807, 2.05) is 0 Å². The summed E-state index contributed by atoms with van der Waals surface area (Å²) in [5, 5.41) is 18.7. The maximum atomic E-state index is 10.2. The van der Waals surface area contributed by atoms with Gasteiger partial charge in [0.05, 0.1) is 12.8 Å². The number of benzene rings is 1. The first-order valence-corrected chi connectivity index (χ1v) is 5.88. The SMILES string of the molecule is COc1ccc(C(O)c2cc(Cl)ccc2Cl)nn1. The van der Waals surface area contributed by atoms with Gasteiger partial charge in [0, 0.05) is 21.7 Å². The third kappa shape index (κ3) is 2.72. The second kappa shape index (κ2) is 5.52. The molecule has 2 rings (SSSR count). The van der Waals surface area contributed by atoms with E-state index in [0.29, 0.717) is 27.2 Å². The highest BCUT2D eigenvalue weighted by Gasteiger charge is 2.16. The maximum Gasteiger partial charge on any atom is 0.233 e. The second-order valence-electron chi connectivity index (χ2n) is 3.57. The van der Waals surface area contributed by atoms with Crippen molar-refractivity contribution in [1.29, 1.82) is 0 Å². The minimum atomic E-state index is -0.977. The van der Waals surface area contributed by atoms with Crippen LogP contribution in [-0.2, 0) is 0 Å². The molecule has 1 unspecified atom stereocenters. The Hall–Kier alpha value is -1.36. The molecule has 2 aromatic rings. The Bertz CT molecular complexity index is 546. The van der Waals surface area contributed by atoms with Crippen molar-refractivity contribution in [3.8, 4) is 5.88 Å². The molecular weight excluding hydrogens is 275 g/mol. The predicted molar refractivity (Wildman–Crippen MR) is 69.1 cm³/mol. The monoisotopic (exact) mass is 284 g/mol. The fourth-order valence-corrected chi connectivity index (χ4v) is 1.87. The zero-order valence-electron chi connectivity index (χ0n) is 9.47. The van der Waals surface area contributed by atoms with Gasteiger partial charge >= 0.3 is 0 Å². The summed E-state index contributed by atoms with van der Waals surface area (Å²) in [7, 11) is 1.49. The van der Waals surface area contributed by atoms with E-state index in [2.05, 4.69) is 10.2 Å². The molecule has 0 aliphatic rings. The van der Waals surface area contributed by atoms with E-state index in [1.54, 1.807) is 30.3 Å². The minimum absolute atomic E-state index is 0.375. The Labute approximate surface area is 114 Å². The van der Waals surface area contributed by atoms with Crippen LogP contribution < -0.4 is 4.74 Å². The van der Waals surface area contributed by atoms with Crippen molar-refractivity contribution in [2.75, 3.05) is 7.11 Å². The Morgan fingerprint density at radius 3 is 2.56 bits per heavy atom. The fourth-order valence-electron chi connectivity index (χ4n) is 1.47. The summed E-state index contributed by atoms with van der Waals surface area (Å²) < 4.78 is 4.90. The maximum absolute atomic E-state index is 10.2. The lowest BCUT2D eigenvalue weighted by Gasteiger charge is -2.12. The fraction of sp³-hybridized carbons (Fsp3) is 0.167. The summed E-state index contributed by atoms with van der Waals surface area (Å²) in [6.07, 6.45) is -0.977. The number of hydrogen-bond donors (Lipinski definition) is 1. The van der Waals surface area contributed by atoms with Crippen LogP contribution in [0.4, 0.5) is 0 Å². The number of ether oxygens (including phenoxy) is 1. The van der Waals surface area contributed by atoms with E-state index >= 15 is 0 Å². The summed E-state index contributed by atoms with van der Waals surface area (Å²) in [4.78, 5) is 0. The Kier molecular flexibility index (Phi) is 4.01. The van der Waals surface area contributed by atoms with Gasteiger partial charge in [-0.1, -0.05) is 23.2 Å². The van der Waals surface area contributed by atoms with Gasteiger partial charge < -0.3 is 9.84 Å². The molecule has 94 valence electrons. The van der Waals surface area contributed by atoms with Gasteiger partial charge in [-0.05, 0) is 24.3 Å². The summed E-state index contributed by atoms with van der Waals surface area (Å²) in [5.41, 5.74) is 0.864. The van der Waals surface area contributed by atoms with Gasteiger partial charge in [0.1, 0.15) is 6.10 Å². The van der Waals surface area contributed by atoms with Crippen LogP contribution in [0.3, 0.4) is 0 Å². The Morgan fingerprint density at radius 2 is 1.94 bits per heavy atom. The average Bonchev–Trinajstić information content (AvgIpc) is 2.41. The van der Waals surface area contributed by atoms with Crippen LogP contribution in [0.25, 0.3) is 0 Å². The molecule has 6 heteroatoms. The van der Waals surface area contributed by atoms with Crippen molar-refractivity contribution in [3.05, 3.63) is 51.6 Å². The van der Waals surface area contributed by atoms with E-state index in [4.69, 9.17) is 27.9 Å². The van der Waals surface area contributed by atoms with E-state index in [0.717, 1.165) is 0 Å². The number of aliphatic hydroxyl groups excluding tert-OH is 1. The molecule has 0 saturated heterocycles. The smallest absolute Gasteiger partial charge is 0.233 e. The number of methoxy groups -OCH3 is 1.